The second kappa shape index (κ2) is 17.6. The summed E-state index contributed by atoms with van der Waals surface area (Å²) < 4.78 is 0. The van der Waals surface area contributed by atoms with Crippen molar-refractivity contribution in [2.75, 3.05) is 0 Å². The van der Waals surface area contributed by atoms with Gasteiger partial charge in [-0.1, -0.05) is 0 Å². The van der Waals surface area contributed by atoms with Gasteiger partial charge >= 0.3 is 78.0 Å². The van der Waals surface area contributed by atoms with Crippen molar-refractivity contribution in [2.24, 2.45) is 0 Å². The zero-order chi connectivity index (χ0) is 0. The predicted octanol–water partition coefficient (Wildman–Crippen LogP) is -1.78. The quantitative estimate of drug-likeness (QED) is 0.338. The van der Waals surface area contributed by atoms with Crippen molar-refractivity contribution in [1.82, 2.24) is 6.15 Å². The topological polar surface area (TPSA) is 35.0 Å². The molecule has 0 aromatic carbocycles. The van der Waals surface area contributed by atoms with Crippen LogP contribution in [0, 0.1) is 0 Å². The molecule has 1 nitrogen and oxygen atoms in total. The van der Waals surface area contributed by atoms with Crippen molar-refractivity contribution in [3.63, 3.8) is 0 Å². The Morgan fingerprint density at radius 3 is 0.750 bits per heavy atom. The standard InChI is InChI=1S/Li.H3N.2Na.3H/h;1H3;;;;;. The Morgan fingerprint density at radius 2 is 0.750 bits per heavy atom. The maximum atomic E-state index is 0. The first-order valence-electron chi connectivity index (χ1n) is 0. The Bertz CT molecular complexity index is 6.00. The number of hydrogen-bond acceptors (Lipinski definition) is 1. The van der Waals surface area contributed by atoms with Crippen molar-refractivity contribution in [1.29, 1.82) is 0 Å². The Labute approximate surface area is 82.6 Å². The molecular formula is H6LiNNa2. The van der Waals surface area contributed by atoms with Crippen LogP contribution in [0.15, 0.2) is 0 Å². The van der Waals surface area contributed by atoms with Crippen LogP contribution < -0.4 is 6.15 Å². The minimum absolute atomic E-state index is 0. The molecule has 0 heterocycles. The summed E-state index contributed by atoms with van der Waals surface area (Å²) in [4.78, 5) is 0. The summed E-state index contributed by atoms with van der Waals surface area (Å²) in [5.41, 5.74) is 0. The summed E-state index contributed by atoms with van der Waals surface area (Å²) in [5.74, 6) is 0. The van der Waals surface area contributed by atoms with Crippen molar-refractivity contribution in [3.8, 4) is 0 Å². The molecule has 0 aliphatic carbocycles. The Kier molecular flexibility index (Phi) is 137. The average molecular weight is 73.0 g/mol. The molecule has 0 amide bonds. The monoisotopic (exact) mass is 73.0 g/mol. The fraction of sp³-hybridized carbons (Fsp3) is 0. The molecule has 0 aromatic rings. The van der Waals surface area contributed by atoms with Gasteiger partial charge in [-0.25, -0.2) is 0 Å². The van der Waals surface area contributed by atoms with E-state index >= 15 is 0 Å². The van der Waals surface area contributed by atoms with Gasteiger partial charge in [-0.05, 0) is 0 Å². The summed E-state index contributed by atoms with van der Waals surface area (Å²) in [6, 6.07) is 0. The first kappa shape index (κ1) is 31.0. The third-order valence-corrected chi connectivity index (χ3v) is 0. The molecule has 0 aliphatic rings. The zero-order valence-electron chi connectivity index (χ0n) is 0.707. The molecule has 0 spiro atoms. The van der Waals surface area contributed by atoms with E-state index in [2.05, 4.69) is 0 Å². The van der Waals surface area contributed by atoms with Crippen LogP contribution in [0.5, 0.6) is 0 Å². The predicted molar refractivity (Wildman–Crippen MR) is 26.5 cm³/mol. The molecule has 4 heteroatoms. The Hall–Kier alpha value is 2.56. The van der Waals surface area contributed by atoms with E-state index in [0.717, 1.165) is 0 Å². The molecule has 3 N–H and O–H groups in total. The third kappa shape index (κ3) is 8.82. The molecule has 0 bridgehead atoms. The van der Waals surface area contributed by atoms with Gasteiger partial charge in [0, 0.05) is 0 Å². The van der Waals surface area contributed by atoms with Crippen LogP contribution in [-0.2, 0) is 0 Å². The van der Waals surface area contributed by atoms with E-state index < -0.39 is 0 Å². The molecule has 0 fully saturated rings. The summed E-state index contributed by atoms with van der Waals surface area (Å²) in [6.07, 6.45) is 0. The van der Waals surface area contributed by atoms with Gasteiger partial charge in [0.25, 0.3) is 0 Å². The fourth-order valence-electron chi connectivity index (χ4n) is 0. The molecule has 14 valence electrons. The fourth-order valence-corrected chi connectivity index (χ4v) is 0. The summed E-state index contributed by atoms with van der Waals surface area (Å²) in [6.45, 7) is 0. The second-order valence-electron chi connectivity index (χ2n) is 0. The van der Waals surface area contributed by atoms with E-state index in [1.165, 1.54) is 0 Å². The van der Waals surface area contributed by atoms with Crippen LogP contribution in [-0.4, -0.2) is 78.0 Å². The minimum atomic E-state index is 0. The first-order chi connectivity index (χ1) is 0. The van der Waals surface area contributed by atoms with Crippen LogP contribution >= 0.6 is 0 Å². The van der Waals surface area contributed by atoms with Crippen LogP contribution in [0.2, 0.25) is 0 Å². The Morgan fingerprint density at radius 1 is 0.750 bits per heavy atom. The van der Waals surface area contributed by atoms with Crippen molar-refractivity contribution in [2.45, 2.75) is 0 Å². The van der Waals surface area contributed by atoms with Crippen molar-refractivity contribution in [3.05, 3.63) is 0 Å². The van der Waals surface area contributed by atoms with E-state index in [1.54, 1.807) is 0 Å². The third-order valence-electron chi connectivity index (χ3n) is 0. The van der Waals surface area contributed by atoms with E-state index in [0.29, 0.717) is 0 Å². The van der Waals surface area contributed by atoms with Crippen LogP contribution in [0.1, 0.15) is 0 Å². The van der Waals surface area contributed by atoms with Gasteiger partial charge in [0.1, 0.15) is 0 Å². The van der Waals surface area contributed by atoms with Gasteiger partial charge in [0.15, 0.2) is 0 Å². The number of rotatable bonds is 0. The normalized spacial score (nSPS) is 0. The molecule has 0 aromatic heterocycles. The molecule has 0 saturated carbocycles. The first-order valence-corrected chi connectivity index (χ1v) is 0. The summed E-state index contributed by atoms with van der Waals surface area (Å²) in [5, 5.41) is 0. The van der Waals surface area contributed by atoms with Gasteiger partial charge in [-0.15, -0.1) is 0 Å². The molecule has 0 rings (SSSR count). The average Bonchev–Trinajstić information content (AvgIpc) is 0. The van der Waals surface area contributed by atoms with Gasteiger partial charge in [-0.3, -0.25) is 0 Å². The molecule has 0 radical (unpaired) electrons. The molecule has 4 heavy (non-hydrogen) atoms. The zero-order valence-corrected chi connectivity index (χ0v) is 0.707. The summed E-state index contributed by atoms with van der Waals surface area (Å²) in [7, 11) is 0. The van der Waals surface area contributed by atoms with Crippen LogP contribution in [0.3, 0.4) is 0 Å². The second-order valence-corrected chi connectivity index (χ2v) is 0. The van der Waals surface area contributed by atoms with Crippen LogP contribution in [0.4, 0.5) is 0 Å². The molecule has 0 atom stereocenters. The van der Waals surface area contributed by atoms with Gasteiger partial charge in [-0.2, -0.15) is 0 Å². The van der Waals surface area contributed by atoms with Gasteiger partial charge in [0.05, 0.1) is 0 Å². The van der Waals surface area contributed by atoms with E-state index in [1.807, 2.05) is 0 Å². The summed E-state index contributed by atoms with van der Waals surface area (Å²) >= 11 is 0. The molecule has 0 saturated heterocycles. The van der Waals surface area contributed by atoms with Gasteiger partial charge in [0.2, 0.25) is 0 Å². The van der Waals surface area contributed by atoms with E-state index in [4.69, 9.17) is 0 Å². The molecule has 0 unspecified atom stereocenters. The number of hydrogen-bond donors (Lipinski definition) is 1. The maximum absolute atomic E-state index is 0. The molecule has 0 aliphatic heterocycles. The van der Waals surface area contributed by atoms with Crippen molar-refractivity contribution >= 4 is 78.0 Å². The van der Waals surface area contributed by atoms with E-state index in [9.17, 15) is 0 Å². The van der Waals surface area contributed by atoms with Crippen LogP contribution in [0.25, 0.3) is 0 Å². The Balaban J connectivity index is 0. The van der Waals surface area contributed by atoms with Crippen molar-refractivity contribution < 1.29 is 0 Å². The van der Waals surface area contributed by atoms with E-state index in [-0.39, 0.29) is 84.1 Å². The SMILES string of the molecule is N.[LiH].[NaH].[NaH]. The molecular weight excluding hydrogens is 66.9 g/mol. The van der Waals surface area contributed by atoms with Gasteiger partial charge < -0.3 is 6.15 Å².